The van der Waals surface area contributed by atoms with E-state index >= 15 is 0 Å². The van der Waals surface area contributed by atoms with Gasteiger partial charge in [-0.2, -0.15) is 0 Å². The molecule has 2 heterocycles. The van der Waals surface area contributed by atoms with Gasteiger partial charge in [-0.1, -0.05) is 24.3 Å². The van der Waals surface area contributed by atoms with Gasteiger partial charge in [0.1, 0.15) is 5.69 Å². The van der Waals surface area contributed by atoms with Crippen LogP contribution in [-0.4, -0.2) is 47.3 Å². The summed E-state index contributed by atoms with van der Waals surface area (Å²) < 4.78 is 24.4. The van der Waals surface area contributed by atoms with Crippen LogP contribution in [0, 0.1) is 0 Å². The predicted octanol–water partition coefficient (Wildman–Crippen LogP) is 2.66. The largest absolute Gasteiger partial charge is 0.336 e. The fourth-order valence-electron chi connectivity index (χ4n) is 3.01. The van der Waals surface area contributed by atoms with Crippen LogP contribution in [0.3, 0.4) is 0 Å². The van der Waals surface area contributed by atoms with Crippen molar-refractivity contribution in [3.63, 3.8) is 0 Å². The quantitative estimate of drug-likeness (QED) is 0.838. The molecule has 0 radical (unpaired) electrons. The smallest absolute Gasteiger partial charge is 0.272 e. The number of benzene rings is 1. The number of hydrogen-bond acceptors (Lipinski definition) is 4. The number of fused-ring (bicyclic) bond motifs is 1. The highest BCUT2D eigenvalue weighted by Gasteiger charge is 2.42. The normalized spacial score (nSPS) is 19.0. The van der Waals surface area contributed by atoms with Crippen LogP contribution in [0.25, 0.3) is 10.9 Å². The average Bonchev–Trinajstić information content (AvgIpc) is 3.03. The van der Waals surface area contributed by atoms with E-state index in [0.717, 1.165) is 10.9 Å². The number of likely N-dealkylation sites (tertiary alicyclic amines) is 1. The summed E-state index contributed by atoms with van der Waals surface area (Å²) >= 11 is 0. The molecule has 24 heavy (non-hydrogen) atoms. The van der Waals surface area contributed by atoms with Crippen molar-refractivity contribution in [2.24, 2.45) is 0 Å². The van der Waals surface area contributed by atoms with Crippen molar-refractivity contribution in [3.8, 4) is 0 Å². The van der Waals surface area contributed by atoms with Gasteiger partial charge in [0.2, 0.25) is 0 Å². The van der Waals surface area contributed by atoms with Crippen LogP contribution in [0.1, 0.15) is 37.7 Å². The number of nitrogens with zero attached hydrogens (tertiary/aromatic N) is 2. The highest BCUT2D eigenvalue weighted by atomic mass is 32.2. The molecule has 0 aliphatic carbocycles. The standard InChI is InChI=1S/C18H22N2O3S/c1-18(2,3)24(22,23)14-10-11-20(12-14)17(21)16-9-8-13-6-4-5-7-15(13)19-16/h4-9,14H,10-12H2,1-3H3/t14-/m1/s1. The first-order valence-corrected chi connectivity index (χ1v) is 9.63. The lowest BCUT2D eigenvalue weighted by atomic mass is 10.2. The molecule has 2 aromatic rings. The van der Waals surface area contributed by atoms with E-state index < -0.39 is 19.8 Å². The lowest BCUT2D eigenvalue weighted by Gasteiger charge is -2.24. The monoisotopic (exact) mass is 346 g/mol. The van der Waals surface area contributed by atoms with Gasteiger partial charge in [0, 0.05) is 18.5 Å². The maximum absolute atomic E-state index is 12.7. The van der Waals surface area contributed by atoms with Gasteiger partial charge in [-0.25, -0.2) is 13.4 Å². The van der Waals surface area contributed by atoms with E-state index in [0.29, 0.717) is 18.7 Å². The molecular weight excluding hydrogens is 324 g/mol. The van der Waals surface area contributed by atoms with Gasteiger partial charge in [-0.05, 0) is 39.3 Å². The van der Waals surface area contributed by atoms with Crippen molar-refractivity contribution in [2.75, 3.05) is 13.1 Å². The maximum atomic E-state index is 12.7. The van der Waals surface area contributed by atoms with E-state index in [9.17, 15) is 13.2 Å². The van der Waals surface area contributed by atoms with Crippen molar-refractivity contribution >= 4 is 26.6 Å². The number of carbonyl (C=O) groups is 1. The summed E-state index contributed by atoms with van der Waals surface area (Å²) in [6, 6.07) is 11.2. The maximum Gasteiger partial charge on any atom is 0.272 e. The third-order valence-electron chi connectivity index (χ3n) is 4.54. The molecular formula is C18H22N2O3S. The van der Waals surface area contributed by atoms with Crippen molar-refractivity contribution in [3.05, 3.63) is 42.1 Å². The molecule has 128 valence electrons. The summed E-state index contributed by atoms with van der Waals surface area (Å²) in [7, 11) is -3.27. The number of sulfone groups is 1. The van der Waals surface area contributed by atoms with Gasteiger partial charge in [0.15, 0.2) is 9.84 Å². The molecule has 6 heteroatoms. The lowest BCUT2D eigenvalue weighted by Crippen LogP contribution is -2.39. The zero-order valence-corrected chi connectivity index (χ0v) is 15.0. The minimum atomic E-state index is -3.27. The lowest BCUT2D eigenvalue weighted by molar-refractivity contribution is 0.0787. The molecule has 1 aromatic carbocycles. The van der Waals surface area contributed by atoms with Crippen LogP contribution in [0.5, 0.6) is 0 Å². The second-order valence-corrected chi connectivity index (χ2v) is 10.2. The molecule has 3 rings (SSSR count). The Hall–Kier alpha value is -1.95. The van der Waals surface area contributed by atoms with Gasteiger partial charge in [-0.15, -0.1) is 0 Å². The van der Waals surface area contributed by atoms with E-state index in [1.807, 2.05) is 30.3 Å². The molecule has 5 nitrogen and oxygen atoms in total. The number of aromatic nitrogens is 1. The Balaban J connectivity index is 1.81. The Morgan fingerprint density at radius 3 is 2.58 bits per heavy atom. The zero-order chi connectivity index (χ0) is 17.5. The third kappa shape index (κ3) is 2.90. The van der Waals surface area contributed by atoms with E-state index in [2.05, 4.69) is 4.98 Å². The first kappa shape index (κ1) is 16.9. The molecule has 1 aliphatic rings. The first-order chi connectivity index (χ1) is 11.2. The molecule has 1 aliphatic heterocycles. The van der Waals surface area contributed by atoms with Crippen LogP contribution < -0.4 is 0 Å². The highest BCUT2D eigenvalue weighted by Crippen LogP contribution is 2.27. The van der Waals surface area contributed by atoms with Crippen molar-refractivity contribution in [1.29, 1.82) is 0 Å². The number of para-hydroxylation sites is 1. The fraction of sp³-hybridized carbons (Fsp3) is 0.444. The van der Waals surface area contributed by atoms with Crippen LogP contribution in [0.4, 0.5) is 0 Å². The number of rotatable bonds is 2. The number of amides is 1. The molecule has 1 aromatic heterocycles. The summed E-state index contributed by atoms with van der Waals surface area (Å²) in [5.41, 5.74) is 1.13. The fourth-order valence-corrected chi connectivity index (χ4v) is 4.80. The highest BCUT2D eigenvalue weighted by molar-refractivity contribution is 7.93. The van der Waals surface area contributed by atoms with E-state index in [1.54, 1.807) is 31.7 Å². The topological polar surface area (TPSA) is 67.3 Å². The van der Waals surface area contributed by atoms with Crippen molar-refractivity contribution in [2.45, 2.75) is 37.2 Å². The Labute approximate surface area is 142 Å². The van der Waals surface area contributed by atoms with E-state index in [4.69, 9.17) is 0 Å². The van der Waals surface area contributed by atoms with Gasteiger partial charge in [0.25, 0.3) is 5.91 Å². The average molecular weight is 346 g/mol. The van der Waals surface area contributed by atoms with E-state index in [-0.39, 0.29) is 12.5 Å². The van der Waals surface area contributed by atoms with Crippen LogP contribution in [0.15, 0.2) is 36.4 Å². The predicted molar refractivity (Wildman–Crippen MR) is 94.7 cm³/mol. The van der Waals surface area contributed by atoms with Gasteiger partial charge < -0.3 is 4.90 Å². The Kier molecular flexibility index (Phi) is 4.11. The molecule has 0 unspecified atom stereocenters. The van der Waals surface area contributed by atoms with Crippen LogP contribution in [-0.2, 0) is 9.84 Å². The number of carbonyl (C=O) groups excluding carboxylic acids is 1. The molecule has 1 saturated heterocycles. The Bertz CT molecular complexity index is 885. The number of hydrogen-bond donors (Lipinski definition) is 0. The molecule has 1 fully saturated rings. The Morgan fingerprint density at radius 2 is 1.88 bits per heavy atom. The van der Waals surface area contributed by atoms with Crippen molar-refractivity contribution in [1.82, 2.24) is 9.88 Å². The minimum absolute atomic E-state index is 0.202. The first-order valence-electron chi connectivity index (χ1n) is 8.09. The van der Waals surface area contributed by atoms with Gasteiger partial charge in [0.05, 0.1) is 15.5 Å². The molecule has 1 atom stereocenters. The second-order valence-electron chi connectivity index (χ2n) is 7.21. The number of pyridine rings is 1. The second kappa shape index (κ2) is 5.84. The molecule has 1 amide bonds. The molecule has 0 spiro atoms. The summed E-state index contributed by atoms with van der Waals surface area (Å²) in [5, 5.41) is 0.477. The van der Waals surface area contributed by atoms with Crippen LogP contribution >= 0.6 is 0 Å². The molecule has 0 N–H and O–H groups in total. The summed E-state index contributed by atoms with van der Waals surface area (Å²) in [4.78, 5) is 18.7. The van der Waals surface area contributed by atoms with E-state index in [1.165, 1.54) is 0 Å². The molecule has 0 saturated carbocycles. The summed E-state index contributed by atoms with van der Waals surface area (Å²) in [6.07, 6.45) is 0.485. The third-order valence-corrected chi connectivity index (χ3v) is 7.51. The minimum Gasteiger partial charge on any atom is -0.336 e. The summed E-state index contributed by atoms with van der Waals surface area (Å²) in [6.45, 7) is 5.81. The van der Waals surface area contributed by atoms with Crippen LogP contribution in [0.2, 0.25) is 0 Å². The summed E-state index contributed by atoms with van der Waals surface area (Å²) in [5.74, 6) is -0.202. The molecule has 0 bridgehead atoms. The SMILES string of the molecule is CC(C)(C)S(=O)(=O)[C@@H]1CCN(C(=O)c2ccc3ccccc3n2)C1. The zero-order valence-electron chi connectivity index (χ0n) is 14.2. The Morgan fingerprint density at radius 1 is 1.17 bits per heavy atom. The van der Waals surface area contributed by atoms with Gasteiger partial charge >= 0.3 is 0 Å². The van der Waals surface area contributed by atoms with Gasteiger partial charge in [-0.3, -0.25) is 4.79 Å². The van der Waals surface area contributed by atoms with Crippen molar-refractivity contribution < 1.29 is 13.2 Å².